The second kappa shape index (κ2) is 9.52. The Morgan fingerprint density at radius 2 is 1.76 bits per heavy atom. The Balaban J connectivity index is 1.27. The molecule has 174 valence electrons. The van der Waals surface area contributed by atoms with Gasteiger partial charge in [0, 0.05) is 6.42 Å². The largest absolute Gasteiger partial charge is 0.461 e. The number of aromatic nitrogens is 3. The number of fused-ring (bicyclic) bond motifs is 3. The van der Waals surface area contributed by atoms with E-state index in [2.05, 4.69) is 0 Å². The standard InChI is InChI=1S/C26H25N3O5/c30-24(34-17-19-8-3-1-4-9-19)13-7-12-22-16-23-20(18-33-22)14-15-27-25(31)28(26(32)29(23)27)21-10-5-2-6-11-21/h1-12,14,22-23H,13,15-18H2/b12-7+. The smallest absolute Gasteiger partial charge is 0.352 e. The summed E-state index contributed by atoms with van der Waals surface area (Å²) in [5.41, 5.74) is 1.75. The van der Waals surface area contributed by atoms with Crippen LogP contribution in [0, 0.1) is 0 Å². The number of para-hydroxylation sites is 1. The van der Waals surface area contributed by atoms with Gasteiger partial charge in [0.1, 0.15) is 6.61 Å². The minimum Gasteiger partial charge on any atom is -0.461 e. The molecule has 3 heterocycles. The molecule has 34 heavy (non-hydrogen) atoms. The zero-order valence-corrected chi connectivity index (χ0v) is 18.6. The van der Waals surface area contributed by atoms with Crippen molar-refractivity contribution in [3.8, 4) is 5.69 Å². The van der Waals surface area contributed by atoms with E-state index in [1.807, 2.05) is 48.6 Å². The quantitative estimate of drug-likeness (QED) is 0.418. The van der Waals surface area contributed by atoms with Crippen LogP contribution >= 0.6 is 0 Å². The molecular formula is C26H25N3O5. The van der Waals surface area contributed by atoms with Gasteiger partial charge in [-0.2, -0.15) is 0 Å². The van der Waals surface area contributed by atoms with Crippen LogP contribution in [0.15, 0.2) is 94.1 Å². The van der Waals surface area contributed by atoms with E-state index in [0.717, 1.165) is 11.1 Å². The Hall–Kier alpha value is -3.91. The predicted octanol–water partition coefficient (Wildman–Crippen LogP) is 2.76. The summed E-state index contributed by atoms with van der Waals surface area (Å²) in [7, 11) is 0. The zero-order valence-electron chi connectivity index (χ0n) is 18.6. The van der Waals surface area contributed by atoms with Crippen LogP contribution in [-0.4, -0.2) is 32.6 Å². The van der Waals surface area contributed by atoms with Gasteiger partial charge in [-0.3, -0.25) is 4.79 Å². The number of hydrogen-bond donors (Lipinski definition) is 0. The van der Waals surface area contributed by atoms with Crippen molar-refractivity contribution in [1.82, 2.24) is 13.9 Å². The molecule has 5 rings (SSSR count). The first-order valence-electron chi connectivity index (χ1n) is 11.3. The average Bonchev–Trinajstić information content (AvgIpc) is 3.13. The highest BCUT2D eigenvalue weighted by molar-refractivity contribution is 5.71. The Bertz CT molecular complexity index is 1350. The number of esters is 1. The Morgan fingerprint density at radius 3 is 2.53 bits per heavy atom. The second-order valence-corrected chi connectivity index (χ2v) is 8.32. The first-order chi connectivity index (χ1) is 16.6. The number of benzene rings is 2. The molecule has 1 fully saturated rings. The number of hydrogen-bond acceptors (Lipinski definition) is 5. The highest BCUT2D eigenvalue weighted by Crippen LogP contribution is 2.31. The summed E-state index contributed by atoms with van der Waals surface area (Å²) in [6, 6.07) is 18.2. The number of carbonyl (C=O) groups excluding carboxylic acids is 1. The number of carbonyl (C=O) groups is 1. The average molecular weight is 460 g/mol. The first kappa shape index (κ1) is 21.9. The van der Waals surface area contributed by atoms with Gasteiger partial charge in [-0.05, 0) is 23.3 Å². The van der Waals surface area contributed by atoms with E-state index in [0.29, 0.717) is 25.3 Å². The first-order valence-corrected chi connectivity index (χ1v) is 11.3. The molecule has 2 unspecified atom stereocenters. The number of rotatable bonds is 6. The second-order valence-electron chi connectivity index (χ2n) is 8.32. The summed E-state index contributed by atoms with van der Waals surface area (Å²) in [5.74, 6) is -0.320. The molecule has 2 aliphatic heterocycles. The SMILES string of the molecule is O=C(C/C=C/C1CC2C(=CCn3c(=O)n(-c4ccccc4)c(=O)n32)CO1)OCc1ccccc1. The highest BCUT2D eigenvalue weighted by atomic mass is 16.5. The van der Waals surface area contributed by atoms with Crippen molar-refractivity contribution in [2.24, 2.45) is 0 Å². The number of nitrogens with zero attached hydrogens (tertiary/aromatic N) is 3. The fraction of sp³-hybridized carbons (Fsp3) is 0.269. The van der Waals surface area contributed by atoms with E-state index in [-0.39, 0.29) is 42.5 Å². The Morgan fingerprint density at radius 1 is 1.03 bits per heavy atom. The molecule has 3 aromatic rings. The molecule has 8 heteroatoms. The van der Waals surface area contributed by atoms with E-state index in [1.165, 1.54) is 9.25 Å². The third-order valence-electron chi connectivity index (χ3n) is 6.12. The van der Waals surface area contributed by atoms with Gasteiger partial charge in [0.05, 0.1) is 37.4 Å². The maximum Gasteiger partial charge on any atom is 0.352 e. The van der Waals surface area contributed by atoms with Crippen LogP contribution in [0.4, 0.5) is 0 Å². The lowest BCUT2D eigenvalue weighted by Gasteiger charge is -2.34. The number of allylic oxidation sites excluding steroid dienone is 1. The van der Waals surface area contributed by atoms with Crippen molar-refractivity contribution in [3.05, 3.63) is 111 Å². The van der Waals surface area contributed by atoms with Gasteiger partial charge < -0.3 is 9.47 Å². The lowest BCUT2D eigenvalue weighted by atomic mass is 9.96. The summed E-state index contributed by atoms with van der Waals surface area (Å²) < 4.78 is 15.5. The molecule has 1 aromatic heterocycles. The van der Waals surface area contributed by atoms with Crippen LogP contribution < -0.4 is 11.4 Å². The molecule has 0 amide bonds. The molecule has 2 atom stereocenters. The molecule has 2 aliphatic rings. The summed E-state index contributed by atoms with van der Waals surface area (Å²) in [6.45, 7) is 0.939. The van der Waals surface area contributed by atoms with Gasteiger partial charge in [0.2, 0.25) is 0 Å². The molecule has 0 N–H and O–H groups in total. The minimum absolute atomic E-state index is 0.134. The van der Waals surface area contributed by atoms with Crippen molar-refractivity contribution in [3.63, 3.8) is 0 Å². The van der Waals surface area contributed by atoms with Crippen molar-refractivity contribution in [1.29, 1.82) is 0 Å². The van der Waals surface area contributed by atoms with Crippen molar-refractivity contribution in [2.75, 3.05) is 6.61 Å². The predicted molar refractivity (Wildman–Crippen MR) is 126 cm³/mol. The van der Waals surface area contributed by atoms with E-state index >= 15 is 0 Å². The Labute approximate surface area is 195 Å². The summed E-state index contributed by atoms with van der Waals surface area (Å²) in [5, 5.41) is 0. The van der Waals surface area contributed by atoms with Gasteiger partial charge in [0.15, 0.2) is 0 Å². The van der Waals surface area contributed by atoms with E-state index in [9.17, 15) is 14.4 Å². The maximum absolute atomic E-state index is 13.2. The van der Waals surface area contributed by atoms with E-state index in [1.54, 1.807) is 35.0 Å². The summed E-state index contributed by atoms with van der Waals surface area (Å²) >= 11 is 0. The van der Waals surface area contributed by atoms with Crippen molar-refractivity contribution < 1.29 is 14.3 Å². The zero-order chi connectivity index (χ0) is 23.5. The monoisotopic (exact) mass is 459 g/mol. The fourth-order valence-electron chi connectivity index (χ4n) is 4.40. The summed E-state index contributed by atoms with van der Waals surface area (Å²) in [4.78, 5) is 38.3. The van der Waals surface area contributed by atoms with Crippen LogP contribution in [0.1, 0.15) is 24.4 Å². The third kappa shape index (κ3) is 4.32. The molecule has 1 saturated heterocycles. The summed E-state index contributed by atoms with van der Waals surface area (Å²) in [6.07, 6.45) is 5.88. The van der Waals surface area contributed by atoms with E-state index in [4.69, 9.17) is 9.47 Å². The van der Waals surface area contributed by atoms with Crippen LogP contribution in [0.2, 0.25) is 0 Å². The normalized spacial score (nSPS) is 19.4. The van der Waals surface area contributed by atoms with Crippen LogP contribution in [0.5, 0.6) is 0 Å². The van der Waals surface area contributed by atoms with Gasteiger partial charge in [-0.1, -0.05) is 66.8 Å². The van der Waals surface area contributed by atoms with Gasteiger partial charge >= 0.3 is 17.3 Å². The fourth-order valence-corrected chi connectivity index (χ4v) is 4.40. The molecule has 0 saturated carbocycles. The lowest BCUT2D eigenvalue weighted by Crippen LogP contribution is -2.40. The number of ether oxygens (including phenoxy) is 2. The molecule has 0 bridgehead atoms. The molecule has 8 nitrogen and oxygen atoms in total. The molecule has 2 aromatic carbocycles. The maximum atomic E-state index is 13.2. The van der Waals surface area contributed by atoms with Crippen molar-refractivity contribution in [2.45, 2.75) is 38.1 Å². The Kier molecular flexibility index (Phi) is 6.14. The van der Waals surface area contributed by atoms with Gasteiger partial charge in [0.25, 0.3) is 0 Å². The lowest BCUT2D eigenvalue weighted by molar-refractivity contribution is -0.143. The van der Waals surface area contributed by atoms with Gasteiger partial charge in [-0.15, -0.1) is 0 Å². The van der Waals surface area contributed by atoms with Crippen LogP contribution in [0.3, 0.4) is 0 Å². The van der Waals surface area contributed by atoms with Gasteiger partial charge in [-0.25, -0.2) is 23.5 Å². The van der Waals surface area contributed by atoms with Crippen LogP contribution in [-0.2, 0) is 27.4 Å². The molecule has 0 aliphatic carbocycles. The third-order valence-corrected chi connectivity index (χ3v) is 6.12. The minimum atomic E-state index is -0.360. The topological polar surface area (TPSA) is 84.5 Å². The van der Waals surface area contributed by atoms with Crippen molar-refractivity contribution >= 4 is 5.97 Å². The highest BCUT2D eigenvalue weighted by Gasteiger charge is 2.33. The molecule has 0 spiro atoms. The van der Waals surface area contributed by atoms with E-state index < -0.39 is 0 Å². The molecule has 0 radical (unpaired) electrons. The van der Waals surface area contributed by atoms with Crippen LogP contribution in [0.25, 0.3) is 5.69 Å². The molecular weight excluding hydrogens is 434 g/mol.